The molecule has 3 rings (SSSR count). The highest BCUT2D eigenvalue weighted by Crippen LogP contribution is 2.16. The van der Waals surface area contributed by atoms with Gasteiger partial charge in [-0.15, -0.1) is 0 Å². The van der Waals surface area contributed by atoms with Crippen LogP contribution in [0.1, 0.15) is 21.7 Å². The number of nitrogens with zero attached hydrogens (tertiary/aromatic N) is 5. The minimum absolute atomic E-state index is 0.0583. The number of benzene rings is 1. The van der Waals surface area contributed by atoms with Crippen LogP contribution in [0.15, 0.2) is 35.2 Å². The third-order valence-corrected chi connectivity index (χ3v) is 7.10. The molecule has 1 aliphatic rings. The van der Waals surface area contributed by atoms with Crippen molar-refractivity contribution in [2.75, 3.05) is 46.8 Å². The molecule has 0 spiro atoms. The molecule has 0 aliphatic carbocycles. The molecule has 8 nitrogen and oxygen atoms in total. The summed E-state index contributed by atoms with van der Waals surface area (Å²) in [5.74, 6) is -0.0583. The van der Waals surface area contributed by atoms with Gasteiger partial charge in [-0.3, -0.25) is 14.4 Å². The van der Waals surface area contributed by atoms with E-state index in [0.717, 1.165) is 41.9 Å². The molecule has 2 heterocycles. The van der Waals surface area contributed by atoms with E-state index in [2.05, 4.69) is 23.0 Å². The molecule has 29 heavy (non-hydrogen) atoms. The van der Waals surface area contributed by atoms with E-state index in [0.29, 0.717) is 18.7 Å². The number of aromatic nitrogens is 2. The van der Waals surface area contributed by atoms with E-state index < -0.39 is 10.0 Å². The zero-order valence-corrected chi connectivity index (χ0v) is 18.3. The first-order valence-corrected chi connectivity index (χ1v) is 11.2. The maximum Gasteiger partial charge on any atom is 0.253 e. The van der Waals surface area contributed by atoms with E-state index in [9.17, 15) is 13.2 Å². The maximum atomic E-state index is 12.8. The minimum Gasteiger partial charge on any atom is -0.336 e. The lowest BCUT2D eigenvalue weighted by Crippen LogP contribution is -2.49. The lowest BCUT2D eigenvalue weighted by atomic mass is 10.2. The van der Waals surface area contributed by atoms with Gasteiger partial charge in [-0.2, -0.15) is 5.10 Å². The van der Waals surface area contributed by atoms with E-state index in [1.165, 1.54) is 26.2 Å². The number of hydrogen-bond donors (Lipinski definition) is 0. The molecular weight excluding hydrogens is 390 g/mol. The van der Waals surface area contributed by atoms with Gasteiger partial charge in [0.15, 0.2) is 0 Å². The number of amides is 1. The molecule has 2 aromatic rings. The van der Waals surface area contributed by atoms with Crippen LogP contribution >= 0.6 is 0 Å². The Labute approximate surface area is 172 Å². The molecule has 0 N–H and O–H groups in total. The van der Waals surface area contributed by atoms with E-state index >= 15 is 0 Å². The van der Waals surface area contributed by atoms with E-state index in [1.807, 2.05) is 16.5 Å². The van der Waals surface area contributed by atoms with Gasteiger partial charge in [0.1, 0.15) is 0 Å². The van der Waals surface area contributed by atoms with Gasteiger partial charge < -0.3 is 4.90 Å². The van der Waals surface area contributed by atoms with Gasteiger partial charge in [-0.05, 0) is 44.2 Å². The van der Waals surface area contributed by atoms with Crippen LogP contribution in [0.4, 0.5) is 0 Å². The summed E-state index contributed by atoms with van der Waals surface area (Å²) in [5, 5.41) is 4.49. The first-order chi connectivity index (χ1) is 13.7. The summed E-state index contributed by atoms with van der Waals surface area (Å²) in [4.78, 5) is 17.1. The number of piperazine rings is 1. The zero-order valence-electron chi connectivity index (χ0n) is 17.5. The molecule has 0 radical (unpaired) electrons. The summed E-state index contributed by atoms with van der Waals surface area (Å²) >= 11 is 0. The number of hydrogen-bond acceptors (Lipinski definition) is 5. The molecular formula is C20H29N5O3S. The normalized spacial score (nSPS) is 15.8. The van der Waals surface area contributed by atoms with Crippen LogP contribution < -0.4 is 0 Å². The van der Waals surface area contributed by atoms with Crippen LogP contribution in [0.2, 0.25) is 0 Å². The SMILES string of the molecule is Cc1cc(C)n(CCN2CCN(C(=O)c3ccc(S(=O)(=O)N(C)C)cc3)CC2)n1. The van der Waals surface area contributed by atoms with Crippen molar-refractivity contribution in [3.05, 3.63) is 47.3 Å². The number of aryl methyl sites for hydroxylation is 2. The van der Waals surface area contributed by atoms with E-state index in [4.69, 9.17) is 0 Å². The maximum absolute atomic E-state index is 12.8. The van der Waals surface area contributed by atoms with Gasteiger partial charge in [-0.1, -0.05) is 0 Å². The Hall–Kier alpha value is -2.23. The third-order valence-electron chi connectivity index (χ3n) is 5.27. The Balaban J connectivity index is 1.54. The second-order valence-corrected chi connectivity index (χ2v) is 9.75. The minimum atomic E-state index is -3.49. The molecule has 1 aromatic heterocycles. The van der Waals surface area contributed by atoms with Crippen LogP contribution in [0.3, 0.4) is 0 Å². The van der Waals surface area contributed by atoms with Crippen LogP contribution in [0.25, 0.3) is 0 Å². The molecule has 0 bridgehead atoms. The molecule has 158 valence electrons. The van der Waals surface area contributed by atoms with Crippen molar-refractivity contribution in [1.29, 1.82) is 0 Å². The van der Waals surface area contributed by atoms with Gasteiger partial charge in [0.25, 0.3) is 5.91 Å². The molecule has 1 saturated heterocycles. The molecule has 1 aromatic carbocycles. The highest BCUT2D eigenvalue weighted by atomic mass is 32.2. The van der Waals surface area contributed by atoms with Gasteiger partial charge in [0.05, 0.1) is 17.1 Å². The van der Waals surface area contributed by atoms with Crippen LogP contribution in [0, 0.1) is 13.8 Å². The van der Waals surface area contributed by atoms with Crippen molar-refractivity contribution in [3.8, 4) is 0 Å². The fourth-order valence-corrected chi connectivity index (χ4v) is 4.38. The Kier molecular flexibility index (Phi) is 6.40. The summed E-state index contributed by atoms with van der Waals surface area (Å²) in [5.41, 5.74) is 2.71. The van der Waals surface area contributed by atoms with E-state index in [1.54, 1.807) is 12.1 Å². The average molecular weight is 420 g/mol. The van der Waals surface area contributed by atoms with Crippen molar-refractivity contribution in [3.63, 3.8) is 0 Å². The topological polar surface area (TPSA) is 78.8 Å². The van der Waals surface area contributed by atoms with Gasteiger partial charge in [0, 0.05) is 58.1 Å². The van der Waals surface area contributed by atoms with E-state index in [-0.39, 0.29) is 10.8 Å². The van der Waals surface area contributed by atoms with Crippen molar-refractivity contribution < 1.29 is 13.2 Å². The standard InChI is InChI=1S/C20H29N5O3S/c1-16-15-17(2)25(21-16)14-11-23-9-12-24(13-10-23)20(26)18-5-7-19(8-6-18)29(27,28)22(3)4/h5-8,15H,9-14H2,1-4H3. The van der Waals surface area contributed by atoms with Crippen molar-refractivity contribution in [1.82, 2.24) is 23.9 Å². The third kappa shape index (κ3) is 4.85. The predicted molar refractivity (Wildman–Crippen MR) is 111 cm³/mol. The second kappa shape index (κ2) is 8.64. The van der Waals surface area contributed by atoms with Crippen LogP contribution in [-0.4, -0.2) is 85.0 Å². The number of carbonyl (C=O) groups is 1. The van der Waals surface area contributed by atoms with Gasteiger partial charge in [-0.25, -0.2) is 12.7 Å². The summed E-state index contributed by atoms with van der Waals surface area (Å²) in [7, 11) is -0.510. The molecule has 1 fully saturated rings. The zero-order chi connectivity index (χ0) is 21.2. The summed E-state index contributed by atoms with van der Waals surface area (Å²) in [6.07, 6.45) is 0. The molecule has 0 atom stereocenters. The molecule has 1 aliphatic heterocycles. The van der Waals surface area contributed by atoms with Crippen molar-refractivity contribution in [2.24, 2.45) is 0 Å². The quantitative estimate of drug-likeness (QED) is 0.703. The average Bonchev–Trinajstić information content (AvgIpc) is 3.03. The van der Waals surface area contributed by atoms with Gasteiger partial charge >= 0.3 is 0 Å². The lowest BCUT2D eigenvalue weighted by Gasteiger charge is -2.34. The molecule has 9 heteroatoms. The Morgan fingerprint density at radius 1 is 1.03 bits per heavy atom. The van der Waals surface area contributed by atoms with Crippen molar-refractivity contribution >= 4 is 15.9 Å². The summed E-state index contributed by atoms with van der Waals surface area (Å²) < 4.78 is 27.5. The number of sulfonamides is 1. The highest BCUT2D eigenvalue weighted by Gasteiger charge is 2.23. The largest absolute Gasteiger partial charge is 0.336 e. The molecule has 0 unspecified atom stereocenters. The Morgan fingerprint density at radius 2 is 1.66 bits per heavy atom. The van der Waals surface area contributed by atoms with Crippen molar-refractivity contribution in [2.45, 2.75) is 25.3 Å². The first-order valence-electron chi connectivity index (χ1n) is 9.74. The highest BCUT2D eigenvalue weighted by molar-refractivity contribution is 7.89. The second-order valence-electron chi connectivity index (χ2n) is 7.60. The smallest absolute Gasteiger partial charge is 0.253 e. The number of rotatable bonds is 6. The lowest BCUT2D eigenvalue weighted by molar-refractivity contribution is 0.0631. The first kappa shape index (κ1) is 21.5. The Bertz CT molecular complexity index is 959. The fraction of sp³-hybridized carbons (Fsp3) is 0.500. The summed E-state index contributed by atoms with van der Waals surface area (Å²) in [6.45, 7) is 8.76. The monoisotopic (exact) mass is 419 g/mol. The fourth-order valence-electron chi connectivity index (χ4n) is 3.47. The molecule has 0 saturated carbocycles. The summed E-state index contributed by atoms with van der Waals surface area (Å²) in [6, 6.07) is 8.24. The number of carbonyl (C=O) groups excluding carboxylic acids is 1. The molecule has 1 amide bonds. The van der Waals surface area contributed by atoms with Crippen LogP contribution in [-0.2, 0) is 16.6 Å². The van der Waals surface area contributed by atoms with Crippen LogP contribution in [0.5, 0.6) is 0 Å². The van der Waals surface area contributed by atoms with Gasteiger partial charge in [0.2, 0.25) is 10.0 Å². The Morgan fingerprint density at radius 3 is 2.17 bits per heavy atom. The predicted octanol–water partition coefficient (Wildman–Crippen LogP) is 1.21.